The molecule has 2 aliphatic rings. The van der Waals surface area contributed by atoms with Gasteiger partial charge in [0.2, 0.25) is 0 Å². The Balaban J connectivity index is 2.08. The molecular formula is C9H16O. The van der Waals surface area contributed by atoms with E-state index in [2.05, 4.69) is 20.8 Å². The normalized spacial score (nSPS) is 50.1. The lowest BCUT2D eigenvalue weighted by molar-refractivity contribution is 0.175. The molecule has 0 aromatic heterocycles. The Morgan fingerprint density at radius 1 is 1.30 bits per heavy atom. The summed E-state index contributed by atoms with van der Waals surface area (Å²) in [5, 5.41) is 0. The molecule has 0 bridgehead atoms. The van der Waals surface area contributed by atoms with Crippen molar-refractivity contribution in [1.29, 1.82) is 0 Å². The molecule has 3 atom stereocenters. The van der Waals surface area contributed by atoms with Gasteiger partial charge in [-0.2, -0.15) is 0 Å². The van der Waals surface area contributed by atoms with E-state index in [4.69, 9.17) is 4.74 Å². The first-order valence-electron chi connectivity index (χ1n) is 4.25. The molecule has 0 N–H and O–H groups in total. The molecule has 1 heterocycles. The van der Waals surface area contributed by atoms with Crippen LogP contribution in [0.3, 0.4) is 0 Å². The highest BCUT2D eigenvalue weighted by atomic mass is 16.6. The van der Waals surface area contributed by atoms with Crippen LogP contribution in [0.4, 0.5) is 0 Å². The van der Waals surface area contributed by atoms with E-state index in [0.717, 1.165) is 5.92 Å². The van der Waals surface area contributed by atoms with Gasteiger partial charge in [0.25, 0.3) is 0 Å². The van der Waals surface area contributed by atoms with Crippen LogP contribution in [-0.4, -0.2) is 12.2 Å². The van der Waals surface area contributed by atoms with Crippen molar-refractivity contribution in [2.45, 2.75) is 45.8 Å². The summed E-state index contributed by atoms with van der Waals surface area (Å²) in [4.78, 5) is 0. The van der Waals surface area contributed by atoms with Crippen molar-refractivity contribution < 1.29 is 4.74 Å². The van der Waals surface area contributed by atoms with E-state index in [1.807, 2.05) is 0 Å². The van der Waals surface area contributed by atoms with Gasteiger partial charge in [-0.3, -0.25) is 0 Å². The highest BCUT2D eigenvalue weighted by Gasteiger charge is 2.49. The summed E-state index contributed by atoms with van der Waals surface area (Å²) >= 11 is 0. The average Bonchev–Trinajstić information content (AvgIpc) is 2.44. The molecule has 1 aliphatic carbocycles. The van der Waals surface area contributed by atoms with Gasteiger partial charge < -0.3 is 4.74 Å². The van der Waals surface area contributed by atoms with E-state index < -0.39 is 0 Å². The molecule has 1 unspecified atom stereocenters. The van der Waals surface area contributed by atoms with Crippen LogP contribution in [0, 0.1) is 11.3 Å². The second-order valence-corrected chi connectivity index (χ2v) is 4.54. The molecule has 10 heavy (non-hydrogen) atoms. The maximum absolute atomic E-state index is 5.48. The lowest BCUT2D eigenvalue weighted by Crippen LogP contribution is -2.29. The quantitative estimate of drug-likeness (QED) is 0.470. The standard InChI is InChI=1S/C9H16O/c1-6-4-7-8(10-7)5-9(6,2)3/h6-8H,4-5H2,1-3H3/t6?,7-,8+/m0/s1. The van der Waals surface area contributed by atoms with Crippen molar-refractivity contribution in [3.8, 4) is 0 Å². The minimum absolute atomic E-state index is 0.525. The smallest absolute Gasteiger partial charge is 0.0847 e. The summed E-state index contributed by atoms with van der Waals surface area (Å²) < 4.78 is 5.48. The van der Waals surface area contributed by atoms with Crippen LogP contribution in [0.2, 0.25) is 0 Å². The van der Waals surface area contributed by atoms with Crippen LogP contribution in [0.15, 0.2) is 0 Å². The summed E-state index contributed by atoms with van der Waals surface area (Å²) in [5.41, 5.74) is 0.525. The molecule has 1 aliphatic heterocycles. The van der Waals surface area contributed by atoms with Gasteiger partial charge in [0.1, 0.15) is 0 Å². The summed E-state index contributed by atoms with van der Waals surface area (Å²) in [6.45, 7) is 7.06. The maximum atomic E-state index is 5.48. The second-order valence-electron chi connectivity index (χ2n) is 4.54. The van der Waals surface area contributed by atoms with Crippen LogP contribution in [-0.2, 0) is 4.74 Å². The molecule has 0 aromatic rings. The highest BCUT2D eigenvalue weighted by molar-refractivity contribution is 4.98. The van der Waals surface area contributed by atoms with Gasteiger partial charge in [-0.1, -0.05) is 20.8 Å². The van der Waals surface area contributed by atoms with Crippen molar-refractivity contribution in [2.24, 2.45) is 11.3 Å². The van der Waals surface area contributed by atoms with Gasteiger partial charge in [-0.25, -0.2) is 0 Å². The largest absolute Gasteiger partial charge is 0.370 e. The fraction of sp³-hybridized carbons (Fsp3) is 1.00. The Morgan fingerprint density at radius 2 is 2.00 bits per heavy atom. The Bertz CT molecular complexity index is 151. The van der Waals surface area contributed by atoms with E-state index in [1.165, 1.54) is 12.8 Å². The molecule has 1 nitrogen and oxygen atoms in total. The predicted molar refractivity (Wildman–Crippen MR) is 40.8 cm³/mol. The predicted octanol–water partition coefficient (Wildman–Crippen LogP) is 2.21. The van der Waals surface area contributed by atoms with Crippen molar-refractivity contribution in [1.82, 2.24) is 0 Å². The van der Waals surface area contributed by atoms with Crippen LogP contribution >= 0.6 is 0 Å². The summed E-state index contributed by atoms with van der Waals surface area (Å²) in [6.07, 6.45) is 3.84. The second kappa shape index (κ2) is 1.76. The van der Waals surface area contributed by atoms with Gasteiger partial charge in [0, 0.05) is 0 Å². The van der Waals surface area contributed by atoms with Gasteiger partial charge in [-0.15, -0.1) is 0 Å². The summed E-state index contributed by atoms with van der Waals surface area (Å²) in [7, 11) is 0. The van der Waals surface area contributed by atoms with Crippen LogP contribution in [0.25, 0.3) is 0 Å². The molecule has 0 amide bonds. The lowest BCUT2D eigenvalue weighted by Gasteiger charge is -2.33. The Morgan fingerprint density at radius 3 is 2.60 bits per heavy atom. The number of hydrogen-bond acceptors (Lipinski definition) is 1. The molecule has 58 valence electrons. The third-order valence-electron chi connectivity index (χ3n) is 3.33. The van der Waals surface area contributed by atoms with Gasteiger partial charge in [-0.05, 0) is 24.2 Å². The summed E-state index contributed by atoms with van der Waals surface area (Å²) in [5.74, 6) is 0.844. The van der Waals surface area contributed by atoms with E-state index in [1.54, 1.807) is 0 Å². The minimum Gasteiger partial charge on any atom is -0.370 e. The number of fused-ring (bicyclic) bond motifs is 1. The number of ether oxygens (including phenoxy) is 1. The zero-order valence-corrected chi connectivity index (χ0v) is 7.05. The van der Waals surface area contributed by atoms with Gasteiger partial charge in [0.05, 0.1) is 12.2 Å². The third kappa shape index (κ3) is 0.878. The Hall–Kier alpha value is -0.0400. The average molecular weight is 140 g/mol. The van der Waals surface area contributed by atoms with E-state index in [9.17, 15) is 0 Å². The van der Waals surface area contributed by atoms with E-state index >= 15 is 0 Å². The molecular weight excluding hydrogens is 124 g/mol. The first kappa shape index (κ1) is 6.66. The monoisotopic (exact) mass is 140 g/mol. The molecule has 0 radical (unpaired) electrons. The topological polar surface area (TPSA) is 12.5 Å². The first-order chi connectivity index (χ1) is 4.59. The first-order valence-corrected chi connectivity index (χ1v) is 4.25. The molecule has 1 heteroatoms. The lowest BCUT2D eigenvalue weighted by atomic mass is 9.70. The minimum atomic E-state index is 0.525. The SMILES string of the molecule is CC1C[C@@H]2O[C@@H]2CC1(C)C. The number of rotatable bonds is 0. The maximum Gasteiger partial charge on any atom is 0.0847 e. The van der Waals surface area contributed by atoms with E-state index in [-0.39, 0.29) is 0 Å². The molecule has 1 saturated carbocycles. The van der Waals surface area contributed by atoms with Crippen LogP contribution < -0.4 is 0 Å². The fourth-order valence-electron chi connectivity index (χ4n) is 1.95. The van der Waals surface area contributed by atoms with Gasteiger partial charge in [0.15, 0.2) is 0 Å². The highest BCUT2D eigenvalue weighted by Crippen LogP contribution is 2.48. The Labute approximate surface area is 62.8 Å². The zero-order chi connectivity index (χ0) is 7.35. The molecule has 1 saturated heterocycles. The zero-order valence-electron chi connectivity index (χ0n) is 7.05. The van der Waals surface area contributed by atoms with E-state index in [0.29, 0.717) is 17.6 Å². The van der Waals surface area contributed by atoms with Crippen LogP contribution in [0.1, 0.15) is 33.6 Å². The third-order valence-corrected chi connectivity index (χ3v) is 3.33. The molecule has 0 aromatic carbocycles. The molecule has 0 spiro atoms. The van der Waals surface area contributed by atoms with Crippen molar-refractivity contribution in [2.75, 3.05) is 0 Å². The summed E-state index contributed by atoms with van der Waals surface area (Å²) in [6, 6.07) is 0. The number of epoxide rings is 1. The molecule has 2 rings (SSSR count). The fourth-order valence-corrected chi connectivity index (χ4v) is 1.95. The molecule has 2 fully saturated rings. The van der Waals surface area contributed by atoms with Gasteiger partial charge >= 0.3 is 0 Å². The van der Waals surface area contributed by atoms with Crippen molar-refractivity contribution in [3.05, 3.63) is 0 Å². The van der Waals surface area contributed by atoms with Crippen molar-refractivity contribution >= 4 is 0 Å². The van der Waals surface area contributed by atoms with Crippen molar-refractivity contribution in [3.63, 3.8) is 0 Å². The Kier molecular flexibility index (Phi) is 1.17. The number of hydrogen-bond donors (Lipinski definition) is 0. The van der Waals surface area contributed by atoms with Crippen LogP contribution in [0.5, 0.6) is 0 Å².